The molecule has 2 aromatic rings. The summed E-state index contributed by atoms with van der Waals surface area (Å²) in [4.78, 5) is 37.9. The lowest BCUT2D eigenvalue weighted by molar-refractivity contribution is -0.121. The molecule has 1 heterocycles. The number of amides is 3. The van der Waals surface area contributed by atoms with E-state index in [9.17, 15) is 18.8 Å². The minimum atomic E-state index is -0.404. The van der Waals surface area contributed by atoms with Crippen molar-refractivity contribution in [2.24, 2.45) is 0 Å². The number of hydrogen-bond donors (Lipinski definition) is 3. The topological polar surface area (TPSA) is 87.3 Å². The molecule has 0 saturated heterocycles. The minimum absolute atomic E-state index is 0.158. The fourth-order valence-corrected chi connectivity index (χ4v) is 4.33. The molecule has 3 rings (SSSR count). The van der Waals surface area contributed by atoms with Gasteiger partial charge in [-0.3, -0.25) is 25.2 Å². The Hall–Kier alpha value is -2.74. The van der Waals surface area contributed by atoms with E-state index in [1.54, 1.807) is 0 Å². The Bertz CT molecular complexity index is 856. The van der Waals surface area contributed by atoms with Crippen LogP contribution in [-0.2, 0) is 17.6 Å². The van der Waals surface area contributed by atoms with Gasteiger partial charge in [0.1, 0.15) is 5.82 Å². The van der Waals surface area contributed by atoms with Gasteiger partial charge in [0.2, 0.25) is 5.91 Å². The zero-order valence-corrected chi connectivity index (χ0v) is 16.9. The molecule has 1 aliphatic rings. The monoisotopic (exact) mass is 417 g/mol. The highest BCUT2D eigenvalue weighted by molar-refractivity contribution is 7.14. The summed E-state index contributed by atoms with van der Waals surface area (Å²) in [5, 5.41) is 2.67. The molecule has 29 heavy (non-hydrogen) atoms. The van der Waals surface area contributed by atoms with Gasteiger partial charge in [-0.1, -0.05) is 6.42 Å². The van der Waals surface area contributed by atoms with E-state index in [1.807, 2.05) is 6.07 Å². The third-order valence-electron chi connectivity index (χ3n) is 4.76. The Morgan fingerprint density at radius 2 is 1.72 bits per heavy atom. The molecule has 0 spiro atoms. The number of hydrazine groups is 1. The second-order valence-corrected chi connectivity index (χ2v) is 8.13. The van der Waals surface area contributed by atoms with Crippen LogP contribution in [0.25, 0.3) is 0 Å². The van der Waals surface area contributed by atoms with Crippen molar-refractivity contribution in [3.05, 3.63) is 57.0 Å². The number of hydrogen-bond acceptors (Lipinski definition) is 4. The first-order chi connectivity index (χ1) is 14.0. The van der Waals surface area contributed by atoms with Gasteiger partial charge in [-0.2, -0.15) is 0 Å². The molecule has 0 fully saturated rings. The molecular weight excluding hydrogens is 393 g/mol. The fraction of sp³-hybridized carbons (Fsp3) is 0.381. The first-order valence-electron chi connectivity index (χ1n) is 9.77. The standard InChI is InChI=1S/C21H24FN3O3S/c22-16-10-8-14(9-11-16)20(27)23-12-4-7-19(26)24-25-21(28)18-13-15-5-2-1-3-6-17(15)29-18/h8-11,13H,1-7,12H2,(H,23,27)(H,24,26)(H,25,28). The number of carbonyl (C=O) groups is 3. The Labute approximate surface area is 172 Å². The molecule has 1 aromatic heterocycles. The van der Waals surface area contributed by atoms with Gasteiger partial charge in [0, 0.05) is 23.4 Å². The summed E-state index contributed by atoms with van der Waals surface area (Å²) >= 11 is 1.50. The molecule has 3 N–H and O–H groups in total. The Morgan fingerprint density at radius 3 is 2.52 bits per heavy atom. The van der Waals surface area contributed by atoms with E-state index >= 15 is 0 Å². The van der Waals surface area contributed by atoms with Gasteiger partial charge in [-0.15, -0.1) is 11.3 Å². The number of aryl methyl sites for hydroxylation is 2. The van der Waals surface area contributed by atoms with Gasteiger partial charge >= 0.3 is 0 Å². The zero-order valence-electron chi connectivity index (χ0n) is 16.1. The largest absolute Gasteiger partial charge is 0.352 e. The van der Waals surface area contributed by atoms with E-state index in [2.05, 4.69) is 16.2 Å². The summed E-state index contributed by atoms with van der Waals surface area (Å²) in [6.45, 7) is 0.301. The quantitative estimate of drug-likeness (QED) is 0.383. The van der Waals surface area contributed by atoms with E-state index in [-0.39, 0.29) is 24.1 Å². The zero-order chi connectivity index (χ0) is 20.6. The summed E-state index contributed by atoms with van der Waals surface area (Å²) in [6.07, 6.45) is 6.14. The van der Waals surface area contributed by atoms with Crippen molar-refractivity contribution in [3.8, 4) is 0 Å². The van der Waals surface area contributed by atoms with Crippen molar-refractivity contribution >= 4 is 29.1 Å². The Morgan fingerprint density at radius 1 is 0.966 bits per heavy atom. The number of fused-ring (bicyclic) bond motifs is 1. The molecule has 3 amide bonds. The molecule has 0 saturated carbocycles. The van der Waals surface area contributed by atoms with Crippen LogP contribution in [0, 0.1) is 5.82 Å². The van der Waals surface area contributed by atoms with Gasteiger partial charge in [0.25, 0.3) is 11.8 Å². The fourth-order valence-electron chi connectivity index (χ4n) is 3.18. The molecule has 8 heteroatoms. The lowest BCUT2D eigenvalue weighted by atomic mass is 10.1. The number of rotatable bonds is 6. The van der Waals surface area contributed by atoms with Crippen LogP contribution in [-0.4, -0.2) is 24.3 Å². The molecule has 6 nitrogen and oxygen atoms in total. The second-order valence-electron chi connectivity index (χ2n) is 6.99. The van der Waals surface area contributed by atoms with E-state index in [4.69, 9.17) is 0 Å². The number of benzene rings is 1. The smallest absolute Gasteiger partial charge is 0.279 e. The average Bonchev–Trinajstić information content (AvgIpc) is 3.00. The predicted octanol–water partition coefficient (Wildman–Crippen LogP) is 3.13. The van der Waals surface area contributed by atoms with Gasteiger partial charge in [-0.05, 0) is 68.0 Å². The average molecular weight is 418 g/mol. The minimum Gasteiger partial charge on any atom is -0.352 e. The van der Waals surface area contributed by atoms with Crippen LogP contribution in [0.3, 0.4) is 0 Å². The van der Waals surface area contributed by atoms with E-state index in [0.29, 0.717) is 23.4 Å². The van der Waals surface area contributed by atoms with Gasteiger partial charge < -0.3 is 5.32 Å². The Kier molecular flexibility index (Phi) is 7.35. The van der Waals surface area contributed by atoms with Gasteiger partial charge in [0.05, 0.1) is 4.88 Å². The molecule has 0 bridgehead atoms. The van der Waals surface area contributed by atoms with Crippen LogP contribution in [0.1, 0.15) is 62.6 Å². The molecular formula is C21H24FN3O3S. The Balaban J connectivity index is 1.35. The van der Waals surface area contributed by atoms with Crippen molar-refractivity contribution in [1.82, 2.24) is 16.2 Å². The van der Waals surface area contributed by atoms with Crippen LogP contribution in [0.5, 0.6) is 0 Å². The first kappa shape index (κ1) is 21.0. The van der Waals surface area contributed by atoms with Crippen molar-refractivity contribution in [2.45, 2.75) is 44.9 Å². The van der Waals surface area contributed by atoms with Crippen LogP contribution < -0.4 is 16.2 Å². The number of carbonyl (C=O) groups excluding carboxylic acids is 3. The lowest BCUT2D eigenvalue weighted by Crippen LogP contribution is -2.41. The maximum Gasteiger partial charge on any atom is 0.279 e. The predicted molar refractivity (Wildman–Crippen MR) is 109 cm³/mol. The highest BCUT2D eigenvalue weighted by Crippen LogP contribution is 2.28. The van der Waals surface area contributed by atoms with E-state index in [1.165, 1.54) is 52.5 Å². The molecule has 154 valence electrons. The molecule has 1 aliphatic carbocycles. The maximum absolute atomic E-state index is 12.9. The molecule has 0 radical (unpaired) electrons. The molecule has 0 atom stereocenters. The normalized spacial score (nSPS) is 13.1. The third kappa shape index (κ3) is 6.12. The number of nitrogens with one attached hydrogen (secondary N) is 3. The SMILES string of the molecule is O=C(CCCNC(=O)c1ccc(F)cc1)NNC(=O)c1cc2c(s1)CCCCC2. The lowest BCUT2D eigenvalue weighted by Gasteiger charge is -2.07. The van der Waals surface area contributed by atoms with Gasteiger partial charge in [-0.25, -0.2) is 4.39 Å². The third-order valence-corrected chi connectivity index (χ3v) is 5.99. The highest BCUT2D eigenvalue weighted by Gasteiger charge is 2.16. The summed E-state index contributed by atoms with van der Waals surface area (Å²) in [6, 6.07) is 7.17. The second kappa shape index (κ2) is 10.2. The van der Waals surface area contributed by atoms with Crippen LogP contribution in [0.2, 0.25) is 0 Å². The van der Waals surface area contributed by atoms with Crippen molar-refractivity contribution in [3.63, 3.8) is 0 Å². The van der Waals surface area contributed by atoms with E-state index < -0.39 is 5.82 Å². The molecule has 1 aromatic carbocycles. The van der Waals surface area contributed by atoms with Crippen LogP contribution in [0.4, 0.5) is 4.39 Å². The molecule has 0 unspecified atom stereocenters. The van der Waals surface area contributed by atoms with E-state index in [0.717, 1.165) is 25.7 Å². The van der Waals surface area contributed by atoms with Crippen LogP contribution >= 0.6 is 11.3 Å². The maximum atomic E-state index is 12.9. The van der Waals surface area contributed by atoms with Crippen molar-refractivity contribution in [1.29, 1.82) is 0 Å². The number of thiophene rings is 1. The highest BCUT2D eigenvalue weighted by atomic mass is 32.1. The number of halogens is 1. The van der Waals surface area contributed by atoms with Crippen molar-refractivity contribution < 1.29 is 18.8 Å². The van der Waals surface area contributed by atoms with Crippen molar-refractivity contribution in [2.75, 3.05) is 6.54 Å². The summed E-state index contributed by atoms with van der Waals surface area (Å²) in [5.74, 6) is -1.36. The molecule has 0 aliphatic heterocycles. The first-order valence-corrected chi connectivity index (χ1v) is 10.6. The van der Waals surface area contributed by atoms with Gasteiger partial charge in [0.15, 0.2) is 0 Å². The summed E-state index contributed by atoms with van der Waals surface area (Å²) in [5.41, 5.74) is 6.48. The summed E-state index contributed by atoms with van der Waals surface area (Å²) < 4.78 is 12.9. The van der Waals surface area contributed by atoms with Crippen LogP contribution in [0.15, 0.2) is 30.3 Å². The summed E-state index contributed by atoms with van der Waals surface area (Å²) in [7, 11) is 0.